The van der Waals surface area contributed by atoms with Crippen molar-refractivity contribution in [3.8, 4) is 0 Å². The van der Waals surface area contributed by atoms with Crippen molar-refractivity contribution in [2.75, 3.05) is 5.32 Å². The lowest BCUT2D eigenvalue weighted by atomic mass is 10.1. The lowest BCUT2D eigenvalue weighted by Crippen LogP contribution is -2.46. The largest absolute Gasteiger partial charge is 0.480 e. The second-order valence-electron chi connectivity index (χ2n) is 4.62. The molecule has 104 valence electrons. The Morgan fingerprint density at radius 3 is 2.42 bits per heavy atom. The van der Waals surface area contributed by atoms with Gasteiger partial charge in [-0.05, 0) is 30.5 Å². The van der Waals surface area contributed by atoms with Gasteiger partial charge < -0.3 is 15.7 Å². The lowest BCUT2D eigenvalue weighted by molar-refractivity contribution is -0.140. The van der Waals surface area contributed by atoms with Gasteiger partial charge in [-0.15, -0.1) is 0 Å². The average Bonchev–Trinajstić information content (AvgIpc) is 2.30. The van der Waals surface area contributed by atoms with Crippen LogP contribution in [0, 0.1) is 12.8 Å². The van der Waals surface area contributed by atoms with Crippen molar-refractivity contribution >= 4 is 33.6 Å². The van der Waals surface area contributed by atoms with Crippen LogP contribution in [0.2, 0.25) is 0 Å². The van der Waals surface area contributed by atoms with Crippen molar-refractivity contribution in [3.63, 3.8) is 0 Å². The SMILES string of the molecule is Cc1ccc(NC(=O)N[C@H](C(=O)O)C(C)C)cc1Br. The smallest absolute Gasteiger partial charge is 0.326 e. The number of anilines is 1. The topological polar surface area (TPSA) is 78.4 Å². The Morgan fingerprint density at radius 1 is 1.32 bits per heavy atom. The number of halogens is 1. The summed E-state index contributed by atoms with van der Waals surface area (Å²) in [4.78, 5) is 22.7. The van der Waals surface area contributed by atoms with Gasteiger partial charge in [0.1, 0.15) is 6.04 Å². The van der Waals surface area contributed by atoms with Crippen molar-refractivity contribution in [1.29, 1.82) is 0 Å². The molecule has 1 aromatic rings. The third-order valence-electron chi connectivity index (χ3n) is 2.65. The van der Waals surface area contributed by atoms with Crippen molar-refractivity contribution < 1.29 is 14.7 Å². The number of carbonyl (C=O) groups is 2. The van der Waals surface area contributed by atoms with E-state index in [0.29, 0.717) is 5.69 Å². The van der Waals surface area contributed by atoms with Crippen LogP contribution in [-0.2, 0) is 4.79 Å². The molecule has 19 heavy (non-hydrogen) atoms. The molecule has 5 nitrogen and oxygen atoms in total. The summed E-state index contributed by atoms with van der Waals surface area (Å²) in [7, 11) is 0. The van der Waals surface area contributed by atoms with E-state index in [1.807, 2.05) is 13.0 Å². The fourth-order valence-electron chi connectivity index (χ4n) is 1.49. The summed E-state index contributed by atoms with van der Waals surface area (Å²) in [5.41, 5.74) is 1.65. The third kappa shape index (κ3) is 4.55. The Hall–Kier alpha value is -1.56. The second kappa shape index (κ2) is 6.56. The molecule has 0 bridgehead atoms. The molecule has 0 saturated heterocycles. The number of aliphatic carboxylic acids is 1. The molecule has 2 amide bonds. The Kier molecular flexibility index (Phi) is 5.35. The van der Waals surface area contributed by atoms with Crippen LogP contribution in [0.1, 0.15) is 19.4 Å². The van der Waals surface area contributed by atoms with E-state index in [-0.39, 0.29) is 5.92 Å². The minimum absolute atomic E-state index is 0.187. The molecule has 0 heterocycles. The van der Waals surface area contributed by atoms with Gasteiger partial charge in [-0.1, -0.05) is 35.8 Å². The number of carboxylic acid groups (broad SMARTS) is 1. The molecule has 1 aromatic carbocycles. The highest BCUT2D eigenvalue weighted by atomic mass is 79.9. The van der Waals surface area contributed by atoms with E-state index in [1.54, 1.807) is 26.0 Å². The monoisotopic (exact) mass is 328 g/mol. The van der Waals surface area contributed by atoms with Crippen LogP contribution in [0.25, 0.3) is 0 Å². The zero-order chi connectivity index (χ0) is 14.6. The first kappa shape index (κ1) is 15.5. The molecule has 0 aliphatic rings. The Bertz CT molecular complexity index is 489. The summed E-state index contributed by atoms with van der Waals surface area (Å²) in [6.45, 7) is 5.41. The van der Waals surface area contributed by atoms with Gasteiger partial charge in [0.15, 0.2) is 0 Å². The maximum Gasteiger partial charge on any atom is 0.326 e. The van der Waals surface area contributed by atoms with E-state index in [1.165, 1.54) is 0 Å². The fraction of sp³-hybridized carbons (Fsp3) is 0.385. The van der Waals surface area contributed by atoms with Gasteiger partial charge in [0.05, 0.1) is 0 Å². The molecule has 0 spiro atoms. The zero-order valence-electron chi connectivity index (χ0n) is 11.0. The molecule has 3 N–H and O–H groups in total. The third-order valence-corrected chi connectivity index (χ3v) is 3.50. The number of rotatable bonds is 4. The van der Waals surface area contributed by atoms with Crippen LogP contribution in [-0.4, -0.2) is 23.1 Å². The summed E-state index contributed by atoms with van der Waals surface area (Å²) in [5.74, 6) is -1.23. The first-order chi connectivity index (χ1) is 8.81. The molecule has 6 heteroatoms. The molecular formula is C13H17BrN2O3. The van der Waals surface area contributed by atoms with E-state index in [9.17, 15) is 9.59 Å². The molecule has 0 saturated carbocycles. The van der Waals surface area contributed by atoms with Gasteiger partial charge in [0.2, 0.25) is 0 Å². The number of nitrogens with one attached hydrogen (secondary N) is 2. The average molecular weight is 329 g/mol. The predicted octanol–water partition coefficient (Wildman–Crippen LogP) is 2.99. The van der Waals surface area contributed by atoms with E-state index in [0.717, 1.165) is 10.0 Å². The van der Waals surface area contributed by atoms with Crippen LogP contribution in [0.15, 0.2) is 22.7 Å². The van der Waals surface area contributed by atoms with E-state index >= 15 is 0 Å². The Morgan fingerprint density at radius 2 is 1.95 bits per heavy atom. The summed E-state index contributed by atoms with van der Waals surface area (Å²) < 4.78 is 0.879. The summed E-state index contributed by atoms with van der Waals surface area (Å²) in [6, 6.07) is 3.94. The molecular weight excluding hydrogens is 312 g/mol. The molecule has 0 aliphatic heterocycles. The van der Waals surface area contributed by atoms with Crippen LogP contribution in [0.4, 0.5) is 10.5 Å². The molecule has 0 fully saturated rings. The number of benzene rings is 1. The van der Waals surface area contributed by atoms with E-state index in [2.05, 4.69) is 26.6 Å². The number of amides is 2. The van der Waals surface area contributed by atoms with Crippen molar-refractivity contribution in [2.45, 2.75) is 26.8 Å². The summed E-state index contributed by atoms with van der Waals surface area (Å²) >= 11 is 3.37. The molecule has 0 radical (unpaired) electrons. The maximum absolute atomic E-state index is 11.7. The molecule has 1 rings (SSSR count). The number of hydrogen-bond donors (Lipinski definition) is 3. The predicted molar refractivity (Wildman–Crippen MR) is 77.3 cm³/mol. The normalized spacial score (nSPS) is 12.1. The minimum atomic E-state index is -1.05. The van der Waals surface area contributed by atoms with E-state index < -0.39 is 18.0 Å². The van der Waals surface area contributed by atoms with E-state index in [4.69, 9.17) is 5.11 Å². The van der Waals surface area contributed by atoms with Gasteiger partial charge in [-0.3, -0.25) is 0 Å². The molecule has 0 aromatic heterocycles. The van der Waals surface area contributed by atoms with Crippen molar-refractivity contribution in [1.82, 2.24) is 5.32 Å². The van der Waals surface area contributed by atoms with Crippen LogP contribution in [0.5, 0.6) is 0 Å². The van der Waals surface area contributed by atoms with Gasteiger partial charge >= 0.3 is 12.0 Å². The summed E-state index contributed by atoms with van der Waals surface area (Å²) in [6.07, 6.45) is 0. The summed E-state index contributed by atoms with van der Waals surface area (Å²) in [5, 5.41) is 14.0. The van der Waals surface area contributed by atoms with Gasteiger partial charge in [0.25, 0.3) is 0 Å². The number of aryl methyl sites for hydroxylation is 1. The first-order valence-electron chi connectivity index (χ1n) is 5.87. The quantitative estimate of drug-likeness (QED) is 0.795. The Labute approximate surface area is 120 Å². The number of hydrogen-bond acceptors (Lipinski definition) is 2. The second-order valence-corrected chi connectivity index (χ2v) is 5.48. The Balaban J connectivity index is 2.69. The first-order valence-corrected chi connectivity index (χ1v) is 6.67. The maximum atomic E-state index is 11.7. The highest BCUT2D eigenvalue weighted by Crippen LogP contribution is 2.20. The number of urea groups is 1. The fourth-order valence-corrected chi connectivity index (χ4v) is 1.87. The number of carbonyl (C=O) groups excluding carboxylic acids is 1. The zero-order valence-corrected chi connectivity index (χ0v) is 12.6. The minimum Gasteiger partial charge on any atom is -0.480 e. The van der Waals surface area contributed by atoms with Gasteiger partial charge in [0, 0.05) is 10.2 Å². The van der Waals surface area contributed by atoms with Crippen LogP contribution >= 0.6 is 15.9 Å². The molecule has 0 aliphatic carbocycles. The molecule has 0 unspecified atom stereocenters. The lowest BCUT2D eigenvalue weighted by Gasteiger charge is -2.18. The number of carboxylic acids is 1. The molecule has 1 atom stereocenters. The van der Waals surface area contributed by atoms with Crippen LogP contribution in [0.3, 0.4) is 0 Å². The van der Waals surface area contributed by atoms with Crippen LogP contribution < -0.4 is 10.6 Å². The van der Waals surface area contributed by atoms with Gasteiger partial charge in [-0.2, -0.15) is 0 Å². The van der Waals surface area contributed by atoms with Crippen molar-refractivity contribution in [3.05, 3.63) is 28.2 Å². The van der Waals surface area contributed by atoms with Gasteiger partial charge in [-0.25, -0.2) is 9.59 Å². The highest BCUT2D eigenvalue weighted by molar-refractivity contribution is 9.10. The highest BCUT2D eigenvalue weighted by Gasteiger charge is 2.23. The van der Waals surface area contributed by atoms with Crippen molar-refractivity contribution in [2.24, 2.45) is 5.92 Å². The standard InChI is InChI=1S/C13H17BrN2O3/c1-7(2)11(12(17)18)16-13(19)15-9-5-4-8(3)10(14)6-9/h4-7,11H,1-3H3,(H,17,18)(H2,15,16,19)/t11-/m0/s1.